The lowest BCUT2D eigenvalue weighted by Gasteiger charge is -2.35. The molecular formula is C21H25NO2. The Bertz CT molecular complexity index is 645. The van der Waals surface area contributed by atoms with E-state index in [4.69, 9.17) is 4.74 Å². The summed E-state index contributed by atoms with van der Waals surface area (Å²) in [6.07, 6.45) is 3.83. The number of ether oxygens (including phenoxy) is 1. The van der Waals surface area contributed by atoms with Crippen LogP contribution in [-0.2, 0) is 4.74 Å². The number of rotatable bonds is 5. The van der Waals surface area contributed by atoms with Crippen LogP contribution in [0.5, 0.6) is 0 Å². The van der Waals surface area contributed by atoms with Gasteiger partial charge in [-0.15, -0.1) is 0 Å². The smallest absolute Gasteiger partial charge is 0.338 e. The van der Waals surface area contributed by atoms with E-state index in [2.05, 4.69) is 47.4 Å². The van der Waals surface area contributed by atoms with Crippen LogP contribution >= 0.6 is 0 Å². The summed E-state index contributed by atoms with van der Waals surface area (Å²) in [6.45, 7) is 4.48. The van der Waals surface area contributed by atoms with Gasteiger partial charge in [-0.3, -0.25) is 4.90 Å². The first-order valence-electron chi connectivity index (χ1n) is 8.85. The van der Waals surface area contributed by atoms with Crippen molar-refractivity contribution in [3.63, 3.8) is 0 Å². The third kappa shape index (κ3) is 3.85. The second kappa shape index (κ2) is 8.11. The van der Waals surface area contributed by atoms with Gasteiger partial charge in [0.1, 0.15) is 0 Å². The van der Waals surface area contributed by atoms with Gasteiger partial charge in [-0.1, -0.05) is 48.9 Å². The van der Waals surface area contributed by atoms with Gasteiger partial charge in [-0.2, -0.15) is 0 Å². The molecule has 1 heterocycles. The fourth-order valence-corrected chi connectivity index (χ4v) is 3.44. The molecule has 0 spiro atoms. The summed E-state index contributed by atoms with van der Waals surface area (Å²) in [5.74, 6) is -0.252. The molecule has 1 atom stereocenters. The van der Waals surface area contributed by atoms with Crippen molar-refractivity contribution in [1.29, 1.82) is 0 Å². The number of hydrogen-bond donors (Lipinski definition) is 0. The van der Waals surface area contributed by atoms with Crippen molar-refractivity contribution in [1.82, 2.24) is 4.90 Å². The highest BCUT2D eigenvalue weighted by atomic mass is 16.5. The average molecular weight is 323 g/mol. The zero-order valence-electron chi connectivity index (χ0n) is 14.3. The maximum Gasteiger partial charge on any atom is 0.338 e. The first kappa shape index (κ1) is 16.7. The minimum atomic E-state index is -0.252. The third-order valence-corrected chi connectivity index (χ3v) is 4.61. The van der Waals surface area contributed by atoms with E-state index in [1.165, 1.54) is 30.4 Å². The van der Waals surface area contributed by atoms with Crippen LogP contribution in [0.3, 0.4) is 0 Å². The highest BCUT2D eigenvalue weighted by molar-refractivity contribution is 5.89. The summed E-state index contributed by atoms with van der Waals surface area (Å²) in [5, 5.41) is 0. The van der Waals surface area contributed by atoms with E-state index in [9.17, 15) is 4.79 Å². The Morgan fingerprint density at radius 3 is 2.21 bits per heavy atom. The SMILES string of the molecule is CCOC(=O)c1ccc(C(c2ccccc2)N2CCCCC2)cc1. The number of nitrogens with zero attached hydrogens (tertiary/aromatic N) is 1. The minimum Gasteiger partial charge on any atom is -0.462 e. The molecule has 1 aliphatic heterocycles. The first-order valence-corrected chi connectivity index (χ1v) is 8.85. The van der Waals surface area contributed by atoms with E-state index in [1.807, 2.05) is 19.1 Å². The molecule has 0 saturated carbocycles. The third-order valence-electron chi connectivity index (χ3n) is 4.61. The molecule has 1 unspecified atom stereocenters. The zero-order valence-corrected chi connectivity index (χ0v) is 14.3. The number of piperidine rings is 1. The Morgan fingerprint density at radius 1 is 0.958 bits per heavy atom. The molecule has 0 radical (unpaired) electrons. The number of likely N-dealkylation sites (tertiary alicyclic amines) is 1. The van der Waals surface area contributed by atoms with E-state index in [0.717, 1.165) is 13.1 Å². The summed E-state index contributed by atoms with van der Waals surface area (Å²) in [7, 11) is 0. The maximum absolute atomic E-state index is 11.9. The van der Waals surface area contributed by atoms with Crippen LogP contribution in [0.25, 0.3) is 0 Å². The second-order valence-electron chi connectivity index (χ2n) is 6.25. The molecule has 3 heteroatoms. The number of hydrogen-bond acceptors (Lipinski definition) is 3. The van der Waals surface area contributed by atoms with Crippen LogP contribution in [0, 0.1) is 0 Å². The van der Waals surface area contributed by atoms with Gasteiger partial charge in [-0.05, 0) is 56.1 Å². The molecule has 2 aromatic carbocycles. The van der Waals surface area contributed by atoms with Crippen molar-refractivity contribution in [2.24, 2.45) is 0 Å². The molecule has 1 saturated heterocycles. The molecule has 0 N–H and O–H groups in total. The summed E-state index contributed by atoms with van der Waals surface area (Å²) in [4.78, 5) is 14.4. The van der Waals surface area contributed by atoms with Crippen LogP contribution in [0.4, 0.5) is 0 Å². The molecule has 3 rings (SSSR count). The molecule has 3 nitrogen and oxygen atoms in total. The van der Waals surface area contributed by atoms with Crippen molar-refractivity contribution in [2.45, 2.75) is 32.2 Å². The van der Waals surface area contributed by atoms with Crippen LogP contribution in [0.15, 0.2) is 54.6 Å². The summed E-state index contributed by atoms with van der Waals surface area (Å²) < 4.78 is 5.08. The Kier molecular flexibility index (Phi) is 5.65. The summed E-state index contributed by atoms with van der Waals surface area (Å²) in [5.41, 5.74) is 3.16. The van der Waals surface area contributed by atoms with Crippen molar-refractivity contribution in [3.8, 4) is 0 Å². The first-order chi connectivity index (χ1) is 11.8. The molecule has 2 aromatic rings. The van der Waals surface area contributed by atoms with Gasteiger partial charge in [0.2, 0.25) is 0 Å². The zero-order chi connectivity index (χ0) is 16.8. The molecule has 1 aliphatic rings. The second-order valence-corrected chi connectivity index (χ2v) is 6.25. The van der Waals surface area contributed by atoms with Gasteiger partial charge in [0.25, 0.3) is 0 Å². The standard InChI is InChI=1S/C21H25NO2/c1-2-24-21(23)19-13-11-18(12-14-19)20(17-9-5-3-6-10-17)22-15-7-4-8-16-22/h3,5-6,9-14,20H,2,4,7-8,15-16H2,1H3. The van der Waals surface area contributed by atoms with Gasteiger partial charge in [0.15, 0.2) is 0 Å². The molecule has 0 amide bonds. The van der Waals surface area contributed by atoms with E-state index in [-0.39, 0.29) is 12.0 Å². The van der Waals surface area contributed by atoms with Crippen molar-refractivity contribution in [3.05, 3.63) is 71.3 Å². The number of carbonyl (C=O) groups excluding carboxylic acids is 1. The maximum atomic E-state index is 11.9. The summed E-state index contributed by atoms with van der Waals surface area (Å²) in [6, 6.07) is 18.8. The molecule has 0 bridgehead atoms. The quantitative estimate of drug-likeness (QED) is 0.762. The van der Waals surface area contributed by atoms with Crippen LogP contribution in [0.2, 0.25) is 0 Å². The molecule has 0 aromatic heterocycles. The number of esters is 1. The lowest BCUT2D eigenvalue weighted by molar-refractivity contribution is 0.0526. The Morgan fingerprint density at radius 2 is 1.58 bits per heavy atom. The molecule has 24 heavy (non-hydrogen) atoms. The highest BCUT2D eigenvalue weighted by Crippen LogP contribution is 2.31. The molecule has 126 valence electrons. The van der Waals surface area contributed by atoms with Crippen LogP contribution in [-0.4, -0.2) is 30.6 Å². The van der Waals surface area contributed by atoms with E-state index in [0.29, 0.717) is 12.2 Å². The van der Waals surface area contributed by atoms with Gasteiger partial charge < -0.3 is 4.74 Å². The largest absolute Gasteiger partial charge is 0.462 e. The lowest BCUT2D eigenvalue weighted by Crippen LogP contribution is -2.34. The Labute approximate surface area is 144 Å². The number of carbonyl (C=O) groups is 1. The summed E-state index contributed by atoms with van der Waals surface area (Å²) >= 11 is 0. The molecular weight excluding hydrogens is 298 g/mol. The predicted octanol–water partition coefficient (Wildman–Crippen LogP) is 4.44. The van der Waals surface area contributed by atoms with Crippen molar-refractivity contribution < 1.29 is 9.53 Å². The van der Waals surface area contributed by atoms with Crippen LogP contribution in [0.1, 0.15) is 53.7 Å². The van der Waals surface area contributed by atoms with Gasteiger partial charge in [0, 0.05) is 0 Å². The van der Waals surface area contributed by atoms with Gasteiger partial charge in [0.05, 0.1) is 18.2 Å². The minimum absolute atomic E-state index is 0.252. The Balaban J connectivity index is 1.89. The van der Waals surface area contributed by atoms with Crippen LogP contribution < -0.4 is 0 Å². The lowest BCUT2D eigenvalue weighted by atomic mass is 9.94. The predicted molar refractivity (Wildman–Crippen MR) is 96.1 cm³/mol. The fraction of sp³-hybridized carbons (Fsp3) is 0.381. The Hall–Kier alpha value is -2.13. The van der Waals surface area contributed by atoms with Gasteiger partial charge in [-0.25, -0.2) is 4.79 Å². The average Bonchev–Trinajstić information content (AvgIpc) is 2.64. The van der Waals surface area contributed by atoms with Crippen molar-refractivity contribution in [2.75, 3.05) is 19.7 Å². The molecule has 0 aliphatic carbocycles. The highest BCUT2D eigenvalue weighted by Gasteiger charge is 2.24. The topological polar surface area (TPSA) is 29.5 Å². The molecule has 1 fully saturated rings. The van der Waals surface area contributed by atoms with E-state index < -0.39 is 0 Å². The fourth-order valence-electron chi connectivity index (χ4n) is 3.44. The number of benzene rings is 2. The van der Waals surface area contributed by atoms with Gasteiger partial charge >= 0.3 is 5.97 Å². The normalized spacial score (nSPS) is 16.5. The van der Waals surface area contributed by atoms with E-state index in [1.54, 1.807) is 0 Å². The monoisotopic (exact) mass is 323 g/mol. The van der Waals surface area contributed by atoms with E-state index >= 15 is 0 Å². The van der Waals surface area contributed by atoms with Crippen molar-refractivity contribution >= 4 is 5.97 Å².